The monoisotopic (exact) mass is 172 g/mol. The molecule has 0 spiro atoms. The maximum absolute atomic E-state index is 5.44. The highest BCUT2D eigenvalue weighted by Gasteiger charge is 2.00. The first kappa shape index (κ1) is 8.05. The average molecular weight is 172 g/mol. The van der Waals surface area contributed by atoms with Crippen LogP contribution in [0.4, 0.5) is 0 Å². The molecule has 0 N–H and O–H groups in total. The molecule has 0 aliphatic heterocycles. The number of benzene rings is 1. The Bertz CT molecular complexity index is 406. The second-order valence-electron chi connectivity index (χ2n) is 2.70. The Morgan fingerprint density at radius 1 is 1.38 bits per heavy atom. The maximum atomic E-state index is 5.44. The van der Waals surface area contributed by atoms with Crippen molar-refractivity contribution in [3.05, 3.63) is 36.5 Å². The second-order valence-corrected chi connectivity index (χ2v) is 2.70. The number of rotatable bonds is 2. The molecule has 2 heteroatoms. The normalized spacial score (nSPS) is 10.2. The van der Waals surface area contributed by atoms with Crippen LogP contribution in [0.15, 0.2) is 30.3 Å². The average Bonchev–Trinajstić information content (AvgIpc) is 2.19. The van der Waals surface area contributed by atoms with E-state index in [1.54, 1.807) is 6.07 Å². The molecule has 0 atom stereocenters. The van der Waals surface area contributed by atoms with E-state index >= 15 is 0 Å². The fourth-order valence-corrected chi connectivity index (χ4v) is 1.29. The minimum atomic E-state index is 0.662. The molecule has 1 aromatic heterocycles. The standard InChI is InChI=1S/C11H10NO/c1-2-13-10-7-3-5-9-6-4-8-12-11(9)10/h3-7H,2H2,1H3. The first-order valence-corrected chi connectivity index (χ1v) is 4.30. The summed E-state index contributed by atoms with van der Waals surface area (Å²) in [6.07, 6.45) is 2.80. The number of hydrogen-bond donors (Lipinski definition) is 0. The van der Waals surface area contributed by atoms with Crippen LogP contribution >= 0.6 is 0 Å². The molecule has 1 aromatic carbocycles. The van der Waals surface area contributed by atoms with E-state index in [4.69, 9.17) is 4.74 Å². The zero-order valence-corrected chi connectivity index (χ0v) is 7.45. The van der Waals surface area contributed by atoms with Gasteiger partial charge in [0.05, 0.1) is 12.8 Å². The summed E-state index contributed by atoms with van der Waals surface area (Å²) in [5, 5.41) is 1.09. The molecule has 13 heavy (non-hydrogen) atoms. The topological polar surface area (TPSA) is 22.1 Å². The molecule has 1 radical (unpaired) electrons. The van der Waals surface area contributed by atoms with Gasteiger partial charge in [-0.25, -0.2) is 4.98 Å². The van der Waals surface area contributed by atoms with Crippen LogP contribution in [0.2, 0.25) is 0 Å². The second kappa shape index (κ2) is 3.44. The molecule has 1 heterocycles. The lowest BCUT2D eigenvalue weighted by molar-refractivity contribution is 0.343. The third-order valence-electron chi connectivity index (χ3n) is 1.84. The summed E-state index contributed by atoms with van der Waals surface area (Å²) < 4.78 is 5.44. The van der Waals surface area contributed by atoms with Crippen molar-refractivity contribution < 1.29 is 4.74 Å². The van der Waals surface area contributed by atoms with Crippen molar-refractivity contribution >= 4 is 10.9 Å². The van der Waals surface area contributed by atoms with Crippen molar-refractivity contribution in [2.75, 3.05) is 6.61 Å². The highest BCUT2D eigenvalue weighted by atomic mass is 16.5. The van der Waals surface area contributed by atoms with Crippen LogP contribution in [-0.2, 0) is 0 Å². The molecule has 0 saturated carbocycles. The quantitative estimate of drug-likeness (QED) is 0.694. The Hall–Kier alpha value is -1.57. The molecule has 2 aromatic rings. The number of pyridine rings is 1. The fourth-order valence-electron chi connectivity index (χ4n) is 1.29. The highest BCUT2D eigenvalue weighted by molar-refractivity contribution is 5.83. The number of para-hydroxylation sites is 1. The van der Waals surface area contributed by atoms with Gasteiger partial charge in [0.25, 0.3) is 0 Å². The van der Waals surface area contributed by atoms with Crippen LogP contribution < -0.4 is 4.74 Å². The predicted molar refractivity (Wildman–Crippen MR) is 51.7 cm³/mol. The molecule has 0 aliphatic rings. The summed E-state index contributed by atoms with van der Waals surface area (Å²) in [6.45, 7) is 2.63. The zero-order valence-electron chi connectivity index (χ0n) is 7.45. The molecular weight excluding hydrogens is 162 g/mol. The van der Waals surface area contributed by atoms with E-state index < -0.39 is 0 Å². The lowest BCUT2D eigenvalue weighted by Gasteiger charge is -2.04. The van der Waals surface area contributed by atoms with E-state index in [1.807, 2.05) is 31.2 Å². The Balaban J connectivity index is 2.61. The zero-order chi connectivity index (χ0) is 9.10. The van der Waals surface area contributed by atoms with Crippen LogP contribution in [0.5, 0.6) is 5.75 Å². The molecule has 0 unspecified atom stereocenters. The SMILES string of the molecule is CCOc1cccc2cc[c]nc12. The van der Waals surface area contributed by atoms with Crippen molar-refractivity contribution in [2.45, 2.75) is 6.92 Å². The van der Waals surface area contributed by atoms with Gasteiger partial charge in [0.1, 0.15) is 11.3 Å². The third kappa shape index (κ3) is 1.47. The Labute approximate surface area is 77.2 Å². The minimum Gasteiger partial charge on any atom is -0.492 e. The summed E-state index contributed by atoms with van der Waals surface area (Å²) in [5.74, 6) is 0.830. The summed E-state index contributed by atoms with van der Waals surface area (Å²) in [7, 11) is 0. The lowest BCUT2D eigenvalue weighted by Crippen LogP contribution is -1.93. The van der Waals surface area contributed by atoms with Gasteiger partial charge in [-0.1, -0.05) is 18.2 Å². The largest absolute Gasteiger partial charge is 0.492 e. The predicted octanol–water partition coefficient (Wildman–Crippen LogP) is 2.43. The number of ether oxygens (including phenoxy) is 1. The van der Waals surface area contributed by atoms with Gasteiger partial charge in [-0.2, -0.15) is 0 Å². The first-order chi connectivity index (χ1) is 6.42. The molecule has 2 nitrogen and oxygen atoms in total. The number of hydrogen-bond acceptors (Lipinski definition) is 2. The lowest BCUT2D eigenvalue weighted by atomic mass is 10.2. The van der Waals surface area contributed by atoms with Crippen LogP contribution in [0, 0.1) is 6.20 Å². The van der Waals surface area contributed by atoms with Crippen LogP contribution in [0.25, 0.3) is 10.9 Å². The van der Waals surface area contributed by atoms with Crippen LogP contribution in [-0.4, -0.2) is 11.6 Å². The smallest absolute Gasteiger partial charge is 0.145 e. The summed E-state index contributed by atoms with van der Waals surface area (Å²) in [6, 6.07) is 9.68. The molecule has 0 saturated heterocycles. The van der Waals surface area contributed by atoms with Crippen molar-refractivity contribution in [3.63, 3.8) is 0 Å². The van der Waals surface area contributed by atoms with Gasteiger partial charge in [0, 0.05) is 5.39 Å². The third-order valence-corrected chi connectivity index (χ3v) is 1.84. The summed E-state index contributed by atoms with van der Waals surface area (Å²) in [4.78, 5) is 4.15. The van der Waals surface area contributed by atoms with Gasteiger partial charge < -0.3 is 4.74 Å². The molecule has 0 aliphatic carbocycles. The van der Waals surface area contributed by atoms with E-state index in [0.29, 0.717) is 6.61 Å². The van der Waals surface area contributed by atoms with Gasteiger partial charge in [0.15, 0.2) is 0 Å². The Morgan fingerprint density at radius 2 is 2.31 bits per heavy atom. The first-order valence-electron chi connectivity index (χ1n) is 4.30. The van der Waals surface area contributed by atoms with Gasteiger partial charge in [0.2, 0.25) is 0 Å². The van der Waals surface area contributed by atoms with E-state index in [2.05, 4.69) is 11.2 Å². The molecule has 0 amide bonds. The van der Waals surface area contributed by atoms with Crippen molar-refractivity contribution in [1.29, 1.82) is 0 Å². The summed E-state index contributed by atoms with van der Waals surface area (Å²) in [5.41, 5.74) is 0.881. The van der Waals surface area contributed by atoms with Crippen LogP contribution in [0.1, 0.15) is 6.92 Å². The molecule has 0 fully saturated rings. The van der Waals surface area contributed by atoms with Crippen molar-refractivity contribution in [1.82, 2.24) is 4.98 Å². The molecule has 2 rings (SSSR count). The van der Waals surface area contributed by atoms with Gasteiger partial charge in [-0.3, -0.25) is 0 Å². The van der Waals surface area contributed by atoms with E-state index in [1.165, 1.54) is 0 Å². The molecule has 65 valence electrons. The van der Waals surface area contributed by atoms with Gasteiger partial charge >= 0.3 is 0 Å². The minimum absolute atomic E-state index is 0.662. The number of nitrogens with zero attached hydrogens (tertiary/aromatic N) is 1. The van der Waals surface area contributed by atoms with E-state index in [-0.39, 0.29) is 0 Å². The maximum Gasteiger partial charge on any atom is 0.145 e. The highest BCUT2D eigenvalue weighted by Crippen LogP contribution is 2.22. The number of fused-ring (bicyclic) bond motifs is 1. The Morgan fingerprint density at radius 3 is 3.15 bits per heavy atom. The molecule has 0 bridgehead atoms. The van der Waals surface area contributed by atoms with Gasteiger partial charge in [-0.05, 0) is 19.1 Å². The Kier molecular flexibility index (Phi) is 2.13. The van der Waals surface area contributed by atoms with E-state index in [9.17, 15) is 0 Å². The van der Waals surface area contributed by atoms with Crippen molar-refractivity contribution in [2.24, 2.45) is 0 Å². The van der Waals surface area contributed by atoms with Crippen LogP contribution in [0.3, 0.4) is 0 Å². The molecular formula is C11H10NO. The van der Waals surface area contributed by atoms with Gasteiger partial charge in [-0.15, -0.1) is 0 Å². The number of aromatic nitrogens is 1. The fraction of sp³-hybridized carbons (Fsp3) is 0.182. The van der Waals surface area contributed by atoms with E-state index in [0.717, 1.165) is 16.7 Å². The van der Waals surface area contributed by atoms with Crippen molar-refractivity contribution in [3.8, 4) is 5.75 Å². The summed E-state index contributed by atoms with van der Waals surface area (Å²) >= 11 is 0.